The molecular formula is C15H13FO4. The van der Waals surface area contributed by atoms with Crippen LogP contribution in [-0.2, 0) is 0 Å². The molecule has 5 heteroatoms. The number of fused-ring (bicyclic) bond motifs is 1. The number of halogens is 1. The van der Waals surface area contributed by atoms with Gasteiger partial charge in [-0.15, -0.1) is 0 Å². The second-order valence-electron chi connectivity index (χ2n) is 4.44. The number of aliphatic hydroxyl groups is 1. The molecule has 4 nitrogen and oxygen atoms in total. The van der Waals surface area contributed by atoms with E-state index in [0.29, 0.717) is 17.2 Å². The van der Waals surface area contributed by atoms with Gasteiger partial charge < -0.3 is 19.3 Å². The summed E-state index contributed by atoms with van der Waals surface area (Å²) in [7, 11) is 0. The minimum absolute atomic E-state index is 0.130. The first-order valence-electron chi connectivity index (χ1n) is 6.19. The molecule has 0 fully saturated rings. The Morgan fingerprint density at radius 2 is 2.00 bits per heavy atom. The van der Waals surface area contributed by atoms with Gasteiger partial charge >= 0.3 is 0 Å². The molecule has 0 saturated heterocycles. The molecule has 3 rings (SSSR count). The van der Waals surface area contributed by atoms with E-state index in [1.807, 2.05) is 0 Å². The Hall–Kier alpha value is -2.27. The molecule has 1 unspecified atom stereocenters. The van der Waals surface area contributed by atoms with Gasteiger partial charge in [0.2, 0.25) is 6.79 Å². The summed E-state index contributed by atoms with van der Waals surface area (Å²) in [5, 5.41) is 9.65. The smallest absolute Gasteiger partial charge is 0.231 e. The fourth-order valence-electron chi connectivity index (χ4n) is 2.08. The quantitative estimate of drug-likeness (QED) is 0.933. The van der Waals surface area contributed by atoms with Crippen LogP contribution in [0, 0.1) is 5.82 Å². The molecule has 2 aromatic carbocycles. The van der Waals surface area contributed by atoms with Crippen LogP contribution in [0.1, 0.15) is 18.6 Å². The number of ether oxygens (including phenoxy) is 3. The molecule has 1 aliphatic heterocycles. The summed E-state index contributed by atoms with van der Waals surface area (Å²) in [5.74, 6) is 1.49. The van der Waals surface area contributed by atoms with Crippen LogP contribution in [0.2, 0.25) is 0 Å². The van der Waals surface area contributed by atoms with Crippen LogP contribution in [0.25, 0.3) is 0 Å². The SMILES string of the molecule is CC(O)c1c(F)cccc1Oc1ccc2c(c1)OCO2. The minimum Gasteiger partial charge on any atom is -0.457 e. The molecule has 2 aromatic rings. The Morgan fingerprint density at radius 3 is 2.80 bits per heavy atom. The molecule has 0 radical (unpaired) electrons. The summed E-state index contributed by atoms with van der Waals surface area (Å²) in [4.78, 5) is 0. The lowest BCUT2D eigenvalue weighted by Gasteiger charge is -2.14. The van der Waals surface area contributed by atoms with Gasteiger partial charge in [-0.05, 0) is 31.2 Å². The normalized spacial score (nSPS) is 14.2. The fourth-order valence-corrected chi connectivity index (χ4v) is 2.08. The highest BCUT2D eigenvalue weighted by atomic mass is 19.1. The Labute approximate surface area is 115 Å². The van der Waals surface area contributed by atoms with E-state index >= 15 is 0 Å². The van der Waals surface area contributed by atoms with Crippen molar-refractivity contribution in [2.24, 2.45) is 0 Å². The van der Waals surface area contributed by atoms with Gasteiger partial charge in [0.1, 0.15) is 17.3 Å². The van der Waals surface area contributed by atoms with Gasteiger partial charge in [0.05, 0.1) is 11.7 Å². The molecule has 0 aliphatic carbocycles. The second-order valence-corrected chi connectivity index (χ2v) is 4.44. The van der Waals surface area contributed by atoms with Gasteiger partial charge in [-0.25, -0.2) is 4.39 Å². The van der Waals surface area contributed by atoms with Gasteiger partial charge in [-0.2, -0.15) is 0 Å². The molecule has 1 atom stereocenters. The molecule has 0 amide bonds. The zero-order valence-corrected chi connectivity index (χ0v) is 10.8. The summed E-state index contributed by atoms with van der Waals surface area (Å²) in [6, 6.07) is 9.51. The molecule has 0 spiro atoms. The predicted octanol–water partition coefficient (Wildman–Crippen LogP) is 3.40. The third-order valence-electron chi connectivity index (χ3n) is 3.00. The van der Waals surface area contributed by atoms with Crippen LogP contribution in [0.4, 0.5) is 4.39 Å². The lowest BCUT2D eigenvalue weighted by atomic mass is 10.1. The molecule has 104 valence electrons. The number of aliphatic hydroxyl groups excluding tert-OH is 1. The van der Waals surface area contributed by atoms with Gasteiger partial charge in [0.25, 0.3) is 0 Å². The van der Waals surface area contributed by atoms with Crippen molar-refractivity contribution in [2.75, 3.05) is 6.79 Å². The summed E-state index contributed by atoms with van der Waals surface area (Å²) in [6.45, 7) is 1.67. The molecule has 20 heavy (non-hydrogen) atoms. The predicted molar refractivity (Wildman–Crippen MR) is 69.7 cm³/mol. The molecule has 1 heterocycles. The highest BCUT2D eigenvalue weighted by molar-refractivity contribution is 5.49. The number of benzene rings is 2. The molecule has 0 saturated carbocycles. The topological polar surface area (TPSA) is 47.9 Å². The summed E-state index contributed by atoms with van der Waals surface area (Å²) < 4.78 is 29.8. The number of hydrogen-bond donors (Lipinski definition) is 1. The van der Waals surface area contributed by atoms with Crippen molar-refractivity contribution in [1.29, 1.82) is 0 Å². The lowest BCUT2D eigenvalue weighted by molar-refractivity contribution is 0.174. The first-order chi connectivity index (χ1) is 9.65. The maximum Gasteiger partial charge on any atom is 0.231 e. The molecule has 0 bridgehead atoms. The molecule has 1 N–H and O–H groups in total. The summed E-state index contributed by atoms with van der Waals surface area (Å²) in [6.07, 6.45) is -0.958. The van der Waals surface area contributed by atoms with Crippen LogP contribution in [0.3, 0.4) is 0 Å². The van der Waals surface area contributed by atoms with Gasteiger partial charge in [-0.1, -0.05) is 6.07 Å². The van der Waals surface area contributed by atoms with Crippen molar-refractivity contribution in [2.45, 2.75) is 13.0 Å². The van der Waals surface area contributed by atoms with Crippen molar-refractivity contribution in [1.82, 2.24) is 0 Å². The van der Waals surface area contributed by atoms with Crippen LogP contribution in [0.5, 0.6) is 23.0 Å². The van der Waals surface area contributed by atoms with Crippen LogP contribution in [0.15, 0.2) is 36.4 Å². The maximum atomic E-state index is 13.7. The highest BCUT2D eigenvalue weighted by Crippen LogP contribution is 2.38. The summed E-state index contributed by atoms with van der Waals surface area (Å²) >= 11 is 0. The molecule has 0 aromatic heterocycles. The fraction of sp³-hybridized carbons (Fsp3) is 0.200. The van der Waals surface area contributed by atoms with E-state index in [2.05, 4.69) is 0 Å². The monoisotopic (exact) mass is 276 g/mol. The lowest BCUT2D eigenvalue weighted by Crippen LogP contribution is -1.99. The third-order valence-corrected chi connectivity index (χ3v) is 3.00. The Balaban J connectivity index is 1.93. The van der Waals surface area contributed by atoms with Gasteiger partial charge in [-0.3, -0.25) is 0 Å². The Morgan fingerprint density at radius 1 is 1.20 bits per heavy atom. The molecular weight excluding hydrogens is 263 g/mol. The van der Waals surface area contributed by atoms with E-state index in [1.165, 1.54) is 19.1 Å². The van der Waals surface area contributed by atoms with E-state index < -0.39 is 11.9 Å². The first-order valence-corrected chi connectivity index (χ1v) is 6.19. The van der Waals surface area contributed by atoms with Crippen molar-refractivity contribution in [3.63, 3.8) is 0 Å². The Bertz CT molecular complexity index is 640. The van der Waals surface area contributed by atoms with Gasteiger partial charge in [0.15, 0.2) is 11.5 Å². The number of rotatable bonds is 3. The van der Waals surface area contributed by atoms with E-state index in [1.54, 1.807) is 24.3 Å². The van der Waals surface area contributed by atoms with Crippen LogP contribution in [-0.4, -0.2) is 11.9 Å². The zero-order valence-electron chi connectivity index (χ0n) is 10.8. The van der Waals surface area contributed by atoms with Crippen LogP contribution < -0.4 is 14.2 Å². The largest absolute Gasteiger partial charge is 0.457 e. The van der Waals surface area contributed by atoms with Crippen molar-refractivity contribution >= 4 is 0 Å². The highest BCUT2D eigenvalue weighted by Gasteiger charge is 2.17. The number of hydrogen-bond acceptors (Lipinski definition) is 4. The van der Waals surface area contributed by atoms with E-state index in [9.17, 15) is 9.50 Å². The second kappa shape index (κ2) is 5.02. The van der Waals surface area contributed by atoms with Crippen LogP contribution >= 0.6 is 0 Å². The van der Waals surface area contributed by atoms with Crippen molar-refractivity contribution in [3.8, 4) is 23.0 Å². The van der Waals surface area contributed by atoms with Crippen molar-refractivity contribution in [3.05, 3.63) is 47.8 Å². The van der Waals surface area contributed by atoms with E-state index in [0.717, 1.165) is 0 Å². The van der Waals surface area contributed by atoms with Crippen molar-refractivity contribution < 1.29 is 23.7 Å². The van der Waals surface area contributed by atoms with Gasteiger partial charge in [0, 0.05) is 6.07 Å². The molecule has 1 aliphatic rings. The maximum absolute atomic E-state index is 13.7. The average molecular weight is 276 g/mol. The first kappa shape index (κ1) is 12.7. The van der Waals surface area contributed by atoms with E-state index in [4.69, 9.17) is 14.2 Å². The third kappa shape index (κ3) is 2.28. The average Bonchev–Trinajstić information content (AvgIpc) is 2.85. The zero-order chi connectivity index (χ0) is 14.1. The standard InChI is InChI=1S/C15H13FO4/c1-9(17)15-11(16)3-2-4-13(15)20-10-5-6-12-14(7-10)19-8-18-12/h2-7,9,17H,8H2,1H3. The van der Waals surface area contributed by atoms with E-state index in [-0.39, 0.29) is 18.1 Å². The Kier molecular flexibility index (Phi) is 3.20. The summed E-state index contributed by atoms with van der Waals surface area (Å²) in [5.41, 5.74) is 0.130. The minimum atomic E-state index is -0.958.